The van der Waals surface area contributed by atoms with Crippen LogP contribution in [-0.4, -0.2) is 9.97 Å². The average Bonchev–Trinajstić information content (AvgIpc) is 2.00. The van der Waals surface area contributed by atoms with Gasteiger partial charge in [-0.2, -0.15) is 0 Å². The Hall–Kier alpha value is -0.960. The fourth-order valence-electron chi connectivity index (χ4n) is 1.51. The number of hydrogen-bond acceptors (Lipinski definition) is 3. The molecule has 2 N–H and O–H groups in total. The minimum absolute atomic E-state index is 0.0347. The minimum atomic E-state index is -0.478. The highest BCUT2D eigenvalue weighted by molar-refractivity contribution is 5.24. The molecule has 1 rings (SSSR count). The lowest BCUT2D eigenvalue weighted by atomic mass is 9.89. The second kappa shape index (κ2) is 3.56. The van der Waals surface area contributed by atoms with Crippen LogP contribution in [0.15, 0.2) is 6.20 Å². The molecule has 0 aliphatic heterocycles. The standard InChI is InChI=1S/C12H21N3/c1-8-7-14-10(12(5,6)13)15-9(8)11(2,3)4/h7H,13H2,1-6H3. The Kier molecular flexibility index (Phi) is 2.88. The molecule has 0 saturated carbocycles. The largest absolute Gasteiger partial charge is 0.319 e. The minimum Gasteiger partial charge on any atom is -0.319 e. The summed E-state index contributed by atoms with van der Waals surface area (Å²) in [5.74, 6) is 0.707. The van der Waals surface area contributed by atoms with Crippen LogP contribution in [0.2, 0.25) is 0 Å². The van der Waals surface area contributed by atoms with Gasteiger partial charge in [0, 0.05) is 11.6 Å². The molecule has 0 bridgehead atoms. The van der Waals surface area contributed by atoms with Crippen molar-refractivity contribution >= 4 is 0 Å². The van der Waals surface area contributed by atoms with Gasteiger partial charge in [0.2, 0.25) is 0 Å². The van der Waals surface area contributed by atoms with E-state index in [2.05, 4.69) is 30.7 Å². The summed E-state index contributed by atoms with van der Waals surface area (Å²) in [4.78, 5) is 8.87. The summed E-state index contributed by atoms with van der Waals surface area (Å²) in [6, 6.07) is 0. The van der Waals surface area contributed by atoms with E-state index in [1.54, 1.807) is 0 Å². The highest BCUT2D eigenvalue weighted by Crippen LogP contribution is 2.24. The summed E-state index contributed by atoms with van der Waals surface area (Å²) in [6.45, 7) is 12.3. The number of aryl methyl sites for hydroxylation is 1. The summed E-state index contributed by atoms with van der Waals surface area (Å²) < 4.78 is 0. The Labute approximate surface area is 92.1 Å². The first-order valence-electron chi connectivity index (χ1n) is 5.26. The summed E-state index contributed by atoms with van der Waals surface area (Å²) in [5.41, 5.74) is 7.75. The van der Waals surface area contributed by atoms with E-state index in [1.165, 1.54) is 0 Å². The smallest absolute Gasteiger partial charge is 0.147 e. The zero-order chi connectivity index (χ0) is 11.9. The zero-order valence-electron chi connectivity index (χ0n) is 10.5. The lowest BCUT2D eigenvalue weighted by Gasteiger charge is -2.24. The van der Waals surface area contributed by atoms with Gasteiger partial charge in [-0.3, -0.25) is 0 Å². The topological polar surface area (TPSA) is 51.8 Å². The van der Waals surface area contributed by atoms with Gasteiger partial charge in [0.05, 0.1) is 11.2 Å². The first kappa shape index (κ1) is 12.1. The van der Waals surface area contributed by atoms with E-state index in [0.29, 0.717) is 5.82 Å². The first-order chi connectivity index (χ1) is 6.62. The van der Waals surface area contributed by atoms with Crippen molar-refractivity contribution in [3.8, 4) is 0 Å². The fourth-order valence-corrected chi connectivity index (χ4v) is 1.51. The summed E-state index contributed by atoms with van der Waals surface area (Å²) in [6.07, 6.45) is 1.86. The summed E-state index contributed by atoms with van der Waals surface area (Å²) in [5, 5.41) is 0. The van der Waals surface area contributed by atoms with Gasteiger partial charge >= 0.3 is 0 Å². The molecular formula is C12H21N3. The van der Waals surface area contributed by atoms with Crippen LogP contribution in [0.5, 0.6) is 0 Å². The highest BCUT2D eigenvalue weighted by atomic mass is 15.0. The van der Waals surface area contributed by atoms with Crippen molar-refractivity contribution in [1.82, 2.24) is 9.97 Å². The van der Waals surface area contributed by atoms with Gasteiger partial charge in [-0.05, 0) is 26.3 Å². The van der Waals surface area contributed by atoms with Crippen LogP contribution < -0.4 is 5.73 Å². The van der Waals surface area contributed by atoms with Crippen LogP contribution >= 0.6 is 0 Å². The van der Waals surface area contributed by atoms with E-state index >= 15 is 0 Å². The maximum atomic E-state index is 5.99. The number of aromatic nitrogens is 2. The molecule has 0 unspecified atom stereocenters. The molecule has 1 aromatic rings. The fraction of sp³-hybridized carbons (Fsp3) is 0.667. The van der Waals surface area contributed by atoms with Crippen molar-refractivity contribution in [2.45, 2.75) is 52.5 Å². The van der Waals surface area contributed by atoms with Crippen LogP contribution in [-0.2, 0) is 11.0 Å². The molecule has 0 saturated heterocycles. The van der Waals surface area contributed by atoms with E-state index < -0.39 is 5.54 Å². The van der Waals surface area contributed by atoms with E-state index in [-0.39, 0.29) is 5.41 Å². The number of rotatable bonds is 1. The van der Waals surface area contributed by atoms with E-state index in [4.69, 9.17) is 5.73 Å². The maximum Gasteiger partial charge on any atom is 0.147 e. The number of nitrogens with two attached hydrogens (primary N) is 1. The zero-order valence-corrected chi connectivity index (χ0v) is 10.5. The molecule has 0 aromatic carbocycles. The van der Waals surface area contributed by atoms with Gasteiger partial charge in [0.1, 0.15) is 5.82 Å². The monoisotopic (exact) mass is 207 g/mol. The number of hydrogen-bond donors (Lipinski definition) is 1. The SMILES string of the molecule is Cc1cnc(C(C)(C)N)nc1C(C)(C)C. The average molecular weight is 207 g/mol. The Morgan fingerprint density at radius 2 is 1.67 bits per heavy atom. The van der Waals surface area contributed by atoms with Gasteiger partial charge in [-0.25, -0.2) is 9.97 Å². The van der Waals surface area contributed by atoms with Gasteiger partial charge in [-0.1, -0.05) is 20.8 Å². The van der Waals surface area contributed by atoms with Gasteiger partial charge < -0.3 is 5.73 Å². The third-order valence-corrected chi connectivity index (χ3v) is 2.26. The van der Waals surface area contributed by atoms with E-state index in [1.807, 2.05) is 27.0 Å². The van der Waals surface area contributed by atoms with Crippen molar-refractivity contribution in [3.05, 3.63) is 23.3 Å². The first-order valence-corrected chi connectivity index (χ1v) is 5.26. The molecule has 15 heavy (non-hydrogen) atoms. The number of nitrogens with zero attached hydrogens (tertiary/aromatic N) is 2. The van der Waals surface area contributed by atoms with E-state index in [0.717, 1.165) is 11.3 Å². The van der Waals surface area contributed by atoms with Crippen molar-refractivity contribution in [2.24, 2.45) is 5.73 Å². The van der Waals surface area contributed by atoms with Crippen molar-refractivity contribution in [3.63, 3.8) is 0 Å². The molecule has 3 nitrogen and oxygen atoms in total. The molecule has 1 aromatic heterocycles. The van der Waals surface area contributed by atoms with Crippen LogP contribution in [0.25, 0.3) is 0 Å². The van der Waals surface area contributed by atoms with Gasteiger partial charge in [-0.15, -0.1) is 0 Å². The van der Waals surface area contributed by atoms with E-state index in [9.17, 15) is 0 Å². The van der Waals surface area contributed by atoms with Crippen LogP contribution in [0.1, 0.15) is 51.7 Å². The van der Waals surface area contributed by atoms with Crippen molar-refractivity contribution in [2.75, 3.05) is 0 Å². The van der Waals surface area contributed by atoms with Crippen molar-refractivity contribution in [1.29, 1.82) is 0 Å². The molecule has 0 fully saturated rings. The van der Waals surface area contributed by atoms with Crippen molar-refractivity contribution < 1.29 is 0 Å². The normalized spacial score (nSPS) is 13.0. The molecule has 0 radical (unpaired) electrons. The third-order valence-electron chi connectivity index (χ3n) is 2.26. The highest BCUT2D eigenvalue weighted by Gasteiger charge is 2.23. The second-order valence-electron chi connectivity index (χ2n) is 5.70. The Morgan fingerprint density at radius 3 is 2.07 bits per heavy atom. The molecule has 1 heterocycles. The van der Waals surface area contributed by atoms with Crippen LogP contribution in [0.4, 0.5) is 0 Å². The molecule has 0 spiro atoms. The Balaban J connectivity index is 3.30. The third kappa shape index (κ3) is 2.75. The molecule has 0 aliphatic rings. The lowest BCUT2D eigenvalue weighted by molar-refractivity contribution is 0.490. The second-order valence-corrected chi connectivity index (χ2v) is 5.70. The summed E-state index contributed by atoms with van der Waals surface area (Å²) in [7, 11) is 0. The van der Waals surface area contributed by atoms with Crippen LogP contribution in [0.3, 0.4) is 0 Å². The molecule has 0 atom stereocenters. The van der Waals surface area contributed by atoms with Gasteiger partial charge in [0.25, 0.3) is 0 Å². The predicted octanol–water partition coefficient (Wildman–Crippen LogP) is 2.28. The molecule has 0 amide bonds. The quantitative estimate of drug-likeness (QED) is 0.768. The van der Waals surface area contributed by atoms with Gasteiger partial charge in [0.15, 0.2) is 0 Å². The molecule has 84 valence electrons. The molecular weight excluding hydrogens is 186 g/mol. The maximum absolute atomic E-state index is 5.99. The molecule has 3 heteroatoms. The Bertz CT molecular complexity index is 356. The Morgan fingerprint density at radius 1 is 1.13 bits per heavy atom. The van der Waals surface area contributed by atoms with Crippen LogP contribution in [0, 0.1) is 6.92 Å². The predicted molar refractivity (Wildman–Crippen MR) is 62.7 cm³/mol. The molecule has 0 aliphatic carbocycles. The summed E-state index contributed by atoms with van der Waals surface area (Å²) >= 11 is 0. The lowest BCUT2D eigenvalue weighted by Crippen LogP contribution is -2.32.